The highest BCUT2D eigenvalue weighted by Gasteiger charge is 2.01. The Morgan fingerprint density at radius 3 is 3.00 bits per heavy atom. The Morgan fingerprint density at radius 2 is 2.22 bits per heavy atom. The highest BCUT2D eigenvalue weighted by atomic mass is 16.5. The van der Waals surface area contributed by atoms with Crippen LogP contribution in [-0.2, 0) is 13.1 Å². The molecule has 1 aromatic heterocycles. The van der Waals surface area contributed by atoms with Gasteiger partial charge in [-0.05, 0) is 31.2 Å². The molecule has 0 amide bonds. The van der Waals surface area contributed by atoms with Crippen molar-refractivity contribution in [3.05, 3.63) is 42.2 Å². The van der Waals surface area contributed by atoms with Gasteiger partial charge in [-0.15, -0.1) is 0 Å². The Balaban J connectivity index is 2.05. The van der Waals surface area contributed by atoms with Gasteiger partial charge in [0.25, 0.3) is 0 Å². The molecule has 0 unspecified atom stereocenters. The average Bonchev–Trinajstić information content (AvgIpc) is 2.78. The predicted octanol–water partition coefficient (Wildman–Crippen LogP) is 2.80. The van der Waals surface area contributed by atoms with Gasteiger partial charge in [-0.25, -0.2) is 0 Å². The van der Waals surface area contributed by atoms with Crippen molar-refractivity contribution < 1.29 is 4.74 Å². The van der Waals surface area contributed by atoms with Crippen LogP contribution >= 0.6 is 0 Å². The molecule has 0 bridgehead atoms. The summed E-state index contributed by atoms with van der Waals surface area (Å²) in [6.07, 6.45) is 4.74. The van der Waals surface area contributed by atoms with Gasteiger partial charge in [0.05, 0.1) is 12.4 Å². The van der Waals surface area contributed by atoms with E-state index in [4.69, 9.17) is 4.74 Å². The molecule has 2 rings (SSSR count). The zero-order valence-electron chi connectivity index (χ0n) is 10.9. The second kappa shape index (κ2) is 6.21. The monoisotopic (exact) mass is 245 g/mol. The molecule has 18 heavy (non-hydrogen) atoms. The molecule has 96 valence electrons. The van der Waals surface area contributed by atoms with Crippen molar-refractivity contribution in [2.45, 2.75) is 26.4 Å². The first-order valence-corrected chi connectivity index (χ1v) is 6.25. The number of ether oxygens (including phenoxy) is 1. The van der Waals surface area contributed by atoms with Crippen LogP contribution in [0.1, 0.15) is 18.9 Å². The van der Waals surface area contributed by atoms with Crippen LogP contribution in [0.15, 0.2) is 36.7 Å². The molecular formula is C14H19N3O. The van der Waals surface area contributed by atoms with E-state index in [1.54, 1.807) is 6.20 Å². The molecule has 1 aromatic carbocycles. The van der Waals surface area contributed by atoms with Gasteiger partial charge in [0.2, 0.25) is 0 Å². The standard InChI is InChI=1S/C14H19N3O/c1-3-7-17-11-14(10-16-17)18-13-6-4-5-12(8-13)9-15-2/h4-6,8,10-11,15H,3,7,9H2,1-2H3. The van der Waals surface area contributed by atoms with Gasteiger partial charge in [0.15, 0.2) is 5.75 Å². The van der Waals surface area contributed by atoms with Crippen LogP contribution in [0.2, 0.25) is 0 Å². The van der Waals surface area contributed by atoms with Crippen LogP contribution in [0.25, 0.3) is 0 Å². The SMILES string of the molecule is CCCn1cc(Oc2cccc(CNC)c2)cn1. The van der Waals surface area contributed by atoms with Crippen LogP contribution in [0.5, 0.6) is 11.5 Å². The lowest BCUT2D eigenvalue weighted by Crippen LogP contribution is -2.04. The van der Waals surface area contributed by atoms with E-state index in [2.05, 4.69) is 23.4 Å². The van der Waals surface area contributed by atoms with Gasteiger partial charge < -0.3 is 10.1 Å². The number of hydrogen-bond acceptors (Lipinski definition) is 3. The van der Waals surface area contributed by atoms with E-state index < -0.39 is 0 Å². The van der Waals surface area contributed by atoms with Crippen LogP contribution in [0.4, 0.5) is 0 Å². The third-order valence-corrected chi connectivity index (χ3v) is 2.58. The van der Waals surface area contributed by atoms with E-state index in [0.717, 1.165) is 31.0 Å². The Kier molecular flexibility index (Phi) is 4.36. The fourth-order valence-electron chi connectivity index (χ4n) is 1.81. The fraction of sp³-hybridized carbons (Fsp3) is 0.357. The van der Waals surface area contributed by atoms with Crippen molar-refractivity contribution in [3.8, 4) is 11.5 Å². The van der Waals surface area contributed by atoms with Crippen molar-refractivity contribution in [3.63, 3.8) is 0 Å². The number of aryl methyl sites for hydroxylation is 1. The molecule has 0 aliphatic rings. The van der Waals surface area contributed by atoms with Gasteiger partial charge in [-0.3, -0.25) is 4.68 Å². The number of hydrogen-bond donors (Lipinski definition) is 1. The van der Waals surface area contributed by atoms with E-state index in [1.165, 1.54) is 5.56 Å². The number of rotatable bonds is 6. The zero-order valence-corrected chi connectivity index (χ0v) is 10.9. The maximum Gasteiger partial charge on any atom is 0.165 e. The molecule has 0 atom stereocenters. The van der Waals surface area contributed by atoms with Gasteiger partial charge in [0, 0.05) is 13.1 Å². The van der Waals surface area contributed by atoms with Crippen molar-refractivity contribution in [1.82, 2.24) is 15.1 Å². The Bertz CT molecular complexity index is 493. The Morgan fingerprint density at radius 1 is 1.33 bits per heavy atom. The molecule has 1 heterocycles. The minimum Gasteiger partial charge on any atom is -0.454 e. The molecular weight excluding hydrogens is 226 g/mol. The van der Waals surface area contributed by atoms with E-state index in [1.807, 2.05) is 36.1 Å². The average molecular weight is 245 g/mol. The molecule has 0 aliphatic carbocycles. The molecule has 2 aromatic rings. The van der Waals surface area contributed by atoms with Crippen molar-refractivity contribution >= 4 is 0 Å². The molecule has 0 radical (unpaired) electrons. The minimum atomic E-state index is 0.782. The lowest BCUT2D eigenvalue weighted by atomic mass is 10.2. The number of benzene rings is 1. The zero-order chi connectivity index (χ0) is 12.8. The molecule has 4 heteroatoms. The highest BCUT2D eigenvalue weighted by molar-refractivity contribution is 5.32. The molecule has 1 N–H and O–H groups in total. The molecule has 0 aliphatic heterocycles. The maximum absolute atomic E-state index is 5.78. The third-order valence-electron chi connectivity index (χ3n) is 2.58. The molecule has 4 nitrogen and oxygen atoms in total. The largest absolute Gasteiger partial charge is 0.454 e. The fourth-order valence-corrected chi connectivity index (χ4v) is 1.81. The Labute approximate surface area is 108 Å². The summed E-state index contributed by atoms with van der Waals surface area (Å²) in [4.78, 5) is 0. The third kappa shape index (κ3) is 3.34. The second-order valence-electron chi connectivity index (χ2n) is 4.22. The summed E-state index contributed by atoms with van der Waals surface area (Å²) in [7, 11) is 1.93. The number of nitrogens with one attached hydrogen (secondary N) is 1. The maximum atomic E-state index is 5.78. The molecule has 0 saturated heterocycles. The summed E-state index contributed by atoms with van der Waals surface area (Å²) >= 11 is 0. The van der Waals surface area contributed by atoms with E-state index in [-0.39, 0.29) is 0 Å². The van der Waals surface area contributed by atoms with E-state index >= 15 is 0 Å². The number of aromatic nitrogens is 2. The molecule has 0 saturated carbocycles. The highest BCUT2D eigenvalue weighted by Crippen LogP contribution is 2.21. The van der Waals surface area contributed by atoms with Crippen molar-refractivity contribution in [1.29, 1.82) is 0 Å². The van der Waals surface area contributed by atoms with E-state index in [9.17, 15) is 0 Å². The summed E-state index contributed by atoms with van der Waals surface area (Å²) in [6, 6.07) is 8.06. The normalized spacial score (nSPS) is 10.6. The van der Waals surface area contributed by atoms with Gasteiger partial charge >= 0.3 is 0 Å². The van der Waals surface area contributed by atoms with Gasteiger partial charge in [-0.1, -0.05) is 19.1 Å². The topological polar surface area (TPSA) is 39.1 Å². The van der Waals surface area contributed by atoms with Crippen molar-refractivity contribution in [2.75, 3.05) is 7.05 Å². The number of nitrogens with zero attached hydrogens (tertiary/aromatic N) is 2. The van der Waals surface area contributed by atoms with Gasteiger partial charge in [-0.2, -0.15) is 5.10 Å². The minimum absolute atomic E-state index is 0.782. The van der Waals surface area contributed by atoms with Crippen LogP contribution < -0.4 is 10.1 Å². The predicted molar refractivity (Wildman–Crippen MR) is 71.8 cm³/mol. The Hall–Kier alpha value is -1.81. The first-order chi connectivity index (χ1) is 8.81. The molecule has 0 spiro atoms. The lowest BCUT2D eigenvalue weighted by Gasteiger charge is -2.05. The summed E-state index contributed by atoms with van der Waals surface area (Å²) in [6.45, 7) is 3.89. The summed E-state index contributed by atoms with van der Waals surface area (Å²) in [5.74, 6) is 1.63. The first-order valence-electron chi connectivity index (χ1n) is 6.25. The first kappa shape index (κ1) is 12.6. The lowest BCUT2D eigenvalue weighted by molar-refractivity contribution is 0.479. The van der Waals surface area contributed by atoms with Crippen molar-refractivity contribution in [2.24, 2.45) is 0 Å². The summed E-state index contributed by atoms with van der Waals surface area (Å²) < 4.78 is 7.68. The second-order valence-corrected chi connectivity index (χ2v) is 4.22. The quantitative estimate of drug-likeness (QED) is 0.850. The van der Waals surface area contributed by atoms with E-state index in [0.29, 0.717) is 0 Å². The smallest absolute Gasteiger partial charge is 0.165 e. The van der Waals surface area contributed by atoms with Crippen LogP contribution in [0, 0.1) is 0 Å². The summed E-state index contributed by atoms with van der Waals surface area (Å²) in [5.41, 5.74) is 1.20. The van der Waals surface area contributed by atoms with Crippen LogP contribution in [0.3, 0.4) is 0 Å². The van der Waals surface area contributed by atoms with Crippen LogP contribution in [-0.4, -0.2) is 16.8 Å². The van der Waals surface area contributed by atoms with Gasteiger partial charge in [0.1, 0.15) is 5.75 Å². The summed E-state index contributed by atoms with van der Waals surface area (Å²) in [5, 5.41) is 7.36. The molecule has 0 fully saturated rings.